The summed E-state index contributed by atoms with van der Waals surface area (Å²) in [7, 11) is 0. The molecular formula is C13H24N4O2. The molecular weight excluding hydrogens is 244 g/mol. The molecule has 0 amide bonds. The first-order valence-corrected chi connectivity index (χ1v) is 6.67. The lowest BCUT2D eigenvalue weighted by Gasteiger charge is -2.23. The highest BCUT2D eigenvalue weighted by Gasteiger charge is 2.26. The van der Waals surface area contributed by atoms with Crippen LogP contribution in [0.15, 0.2) is 0 Å². The Morgan fingerprint density at radius 2 is 2.00 bits per heavy atom. The number of tetrazole rings is 1. The van der Waals surface area contributed by atoms with Crippen LogP contribution in [0.2, 0.25) is 0 Å². The minimum atomic E-state index is -0.791. The maximum absolute atomic E-state index is 11.4. The van der Waals surface area contributed by atoms with E-state index in [1.807, 2.05) is 20.8 Å². The van der Waals surface area contributed by atoms with E-state index < -0.39 is 11.9 Å². The van der Waals surface area contributed by atoms with Crippen molar-refractivity contribution >= 4 is 5.97 Å². The van der Waals surface area contributed by atoms with Crippen molar-refractivity contribution in [2.24, 2.45) is 17.3 Å². The number of aromatic nitrogens is 4. The van der Waals surface area contributed by atoms with Crippen LogP contribution in [0.3, 0.4) is 0 Å². The molecule has 1 heterocycles. The molecule has 108 valence electrons. The molecule has 0 saturated heterocycles. The smallest absolute Gasteiger partial charge is 0.308 e. The monoisotopic (exact) mass is 268 g/mol. The number of hydrogen-bond acceptors (Lipinski definition) is 4. The second-order valence-corrected chi connectivity index (χ2v) is 6.68. The predicted molar refractivity (Wildman–Crippen MR) is 71.6 cm³/mol. The zero-order chi connectivity index (χ0) is 14.6. The Bertz CT molecular complexity index is 421. The summed E-state index contributed by atoms with van der Waals surface area (Å²) in [6.45, 7) is 10.6. The van der Waals surface area contributed by atoms with Gasteiger partial charge in [0.1, 0.15) is 0 Å². The maximum Gasteiger partial charge on any atom is 0.308 e. The molecule has 1 unspecified atom stereocenters. The van der Waals surface area contributed by atoms with Crippen molar-refractivity contribution in [1.29, 1.82) is 0 Å². The molecule has 1 aromatic rings. The van der Waals surface area contributed by atoms with E-state index in [0.29, 0.717) is 18.9 Å². The molecule has 1 rings (SSSR count). The summed E-state index contributed by atoms with van der Waals surface area (Å²) in [4.78, 5) is 11.4. The van der Waals surface area contributed by atoms with Crippen LogP contribution in [0.5, 0.6) is 0 Å². The summed E-state index contributed by atoms with van der Waals surface area (Å²) in [6.07, 6.45) is 1.36. The molecule has 0 fully saturated rings. The second-order valence-electron chi connectivity index (χ2n) is 6.68. The van der Waals surface area contributed by atoms with Gasteiger partial charge in [-0.1, -0.05) is 34.6 Å². The van der Waals surface area contributed by atoms with E-state index in [4.69, 9.17) is 0 Å². The van der Waals surface area contributed by atoms with Crippen LogP contribution in [-0.4, -0.2) is 31.3 Å². The molecule has 0 aliphatic carbocycles. The standard InChI is InChI=1S/C13H24N4O2/c1-9(2)6-11-14-15-16-17(11)8-10(12(18)19)7-13(3,4)5/h9-10H,6-8H2,1-5H3,(H,18,19). The van der Waals surface area contributed by atoms with Gasteiger partial charge in [-0.25, -0.2) is 4.68 Å². The predicted octanol–water partition coefficient (Wildman–Crippen LogP) is 2.01. The average molecular weight is 268 g/mol. The fourth-order valence-electron chi connectivity index (χ4n) is 2.05. The van der Waals surface area contributed by atoms with Gasteiger partial charge >= 0.3 is 5.97 Å². The number of hydrogen-bond donors (Lipinski definition) is 1. The van der Waals surface area contributed by atoms with Gasteiger partial charge in [0.2, 0.25) is 0 Å². The number of nitrogens with zero attached hydrogens (tertiary/aromatic N) is 4. The Labute approximate surface area is 114 Å². The minimum Gasteiger partial charge on any atom is -0.481 e. The van der Waals surface area contributed by atoms with E-state index >= 15 is 0 Å². The summed E-state index contributed by atoms with van der Waals surface area (Å²) in [5, 5.41) is 20.9. The molecule has 0 aliphatic heterocycles. The first-order chi connectivity index (χ1) is 8.69. The van der Waals surface area contributed by atoms with Crippen molar-refractivity contribution in [3.8, 4) is 0 Å². The molecule has 0 aromatic carbocycles. The fraction of sp³-hybridized carbons (Fsp3) is 0.846. The normalized spacial score (nSPS) is 13.8. The molecule has 1 aromatic heterocycles. The Kier molecular flexibility index (Phi) is 5.03. The van der Waals surface area contributed by atoms with Crippen molar-refractivity contribution < 1.29 is 9.90 Å². The Hall–Kier alpha value is -1.46. The van der Waals surface area contributed by atoms with Crippen molar-refractivity contribution in [1.82, 2.24) is 20.2 Å². The van der Waals surface area contributed by atoms with Gasteiger partial charge in [0.15, 0.2) is 5.82 Å². The van der Waals surface area contributed by atoms with Crippen molar-refractivity contribution in [2.45, 2.75) is 54.0 Å². The van der Waals surface area contributed by atoms with E-state index in [-0.39, 0.29) is 5.41 Å². The first-order valence-electron chi connectivity index (χ1n) is 6.67. The van der Waals surface area contributed by atoms with Crippen molar-refractivity contribution in [3.05, 3.63) is 5.82 Å². The van der Waals surface area contributed by atoms with Crippen LogP contribution in [0.4, 0.5) is 0 Å². The number of carboxylic acid groups (broad SMARTS) is 1. The molecule has 0 bridgehead atoms. The van der Waals surface area contributed by atoms with Crippen LogP contribution in [0, 0.1) is 17.3 Å². The van der Waals surface area contributed by atoms with E-state index in [1.165, 1.54) is 0 Å². The fourth-order valence-corrected chi connectivity index (χ4v) is 2.05. The van der Waals surface area contributed by atoms with Gasteiger partial charge in [-0.15, -0.1) is 5.10 Å². The summed E-state index contributed by atoms with van der Waals surface area (Å²) in [5.74, 6) is -0.0545. The van der Waals surface area contributed by atoms with Gasteiger partial charge < -0.3 is 5.11 Å². The van der Waals surface area contributed by atoms with E-state index in [1.54, 1.807) is 4.68 Å². The molecule has 1 atom stereocenters. The van der Waals surface area contributed by atoms with Crippen molar-refractivity contribution in [3.63, 3.8) is 0 Å². The molecule has 19 heavy (non-hydrogen) atoms. The summed E-state index contributed by atoms with van der Waals surface area (Å²) in [5.41, 5.74) is -0.0325. The highest BCUT2D eigenvalue weighted by molar-refractivity contribution is 5.69. The molecule has 6 heteroatoms. The number of carboxylic acids is 1. The highest BCUT2D eigenvalue weighted by atomic mass is 16.4. The maximum atomic E-state index is 11.4. The highest BCUT2D eigenvalue weighted by Crippen LogP contribution is 2.25. The van der Waals surface area contributed by atoms with Gasteiger partial charge in [-0.2, -0.15) is 0 Å². The summed E-state index contributed by atoms with van der Waals surface area (Å²) >= 11 is 0. The van der Waals surface area contributed by atoms with E-state index in [9.17, 15) is 9.90 Å². The topological polar surface area (TPSA) is 80.9 Å². The summed E-state index contributed by atoms with van der Waals surface area (Å²) in [6, 6.07) is 0. The number of aliphatic carboxylic acids is 1. The quantitative estimate of drug-likeness (QED) is 0.853. The second kappa shape index (κ2) is 6.12. The van der Waals surface area contributed by atoms with Gasteiger partial charge in [-0.05, 0) is 28.2 Å². The lowest BCUT2D eigenvalue weighted by Crippen LogP contribution is -2.26. The van der Waals surface area contributed by atoms with E-state index in [0.717, 1.165) is 12.2 Å². The zero-order valence-electron chi connectivity index (χ0n) is 12.4. The number of carbonyl (C=O) groups is 1. The number of rotatable bonds is 6. The van der Waals surface area contributed by atoms with Gasteiger partial charge in [0.25, 0.3) is 0 Å². The molecule has 0 aliphatic rings. The first kappa shape index (κ1) is 15.6. The van der Waals surface area contributed by atoms with Gasteiger partial charge in [0.05, 0.1) is 12.5 Å². The van der Waals surface area contributed by atoms with Crippen LogP contribution >= 0.6 is 0 Å². The SMILES string of the molecule is CC(C)Cc1nnnn1CC(CC(C)(C)C)C(=O)O. The molecule has 6 nitrogen and oxygen atoms in total. The molecule has 0 saturated carbocycles. The Morgan fingerprint density at radius 3 is 2.47 bits per heavy atom. The van der Waals surface area contributed by atoms with Crippen LogP contribution in [0.1, 0.15) is 46.9 Å². The van der Waals surface area contributed by atoms with Crippen LogP contribution in [0.25, 0.3) is 0 Å². The van der Waals surface area contributed by atoms with Crippen LogP contribution < -0.4 is 0 Å². The minimum absolute atomic E-state index is 0.0325. The molecule has 0 radical (unpaired) electrons. The van der Waals surface area contributed by atoms with E-state index in [2.05, 4.69) is 29.4 Å². The van der Waals surface area contributed by atoms with Gasteiger partial charge in [-0.3, -0.25) is 4.79 Å². The molecule has 0 spiro atoms. The van der Waals surface area contributed by atoms with Gasteiger partial charge in [0, 0.05) is 6.42 Å². The van der Waals surface area contributed by atoms with Crippen LogP contribution in [-0.2, 0) is 17.8 Å². The molecule has 1 N–H and O–H groups in total. The average Bonchev–Trinajstić information content (AvgIpc) is 2.61. The van der Waals surface area contributed by atoms with Crippen molar-refractivity contribution in [2.75, 3.05) is 0 Å². The third-order valence-corrected chi connectivity index (χ3v) is 2.80. The lowest BCUT2D eigenvalue weighted by molar-refractivity contribution is -0.143. The Balaban J connectivity index is 2.80. The summed E-state index contributed by atoms with van der Waals surface area (Å²) < 4.78 is 1.63. The zero-order valence-corrected chi connectivity index (χ0v) is 12.4. The Morgan fingerprint density at radius 1 is 1.37 bits per heavy atom. The largest absolute Gasteiger partial charge is 0.481 e. The third kappa shape index (κ3) is 5.36. The third-order valence-electron chi connectivity index (χ3n) is 2.80. The lowest BCUT2D eigenvalue weighted by atomic mass is 9.84.